The average Bonchev–Trinajstić information content (AvgIpc) is 2.64. The SMILES string of the molecule is COc1cc(/C=C/c2cc(C(=O)O)c3ccc(F)cc3n2)cc(OC)c1. The van der Waals surface area contributed by atoms with E-state index in [1.54, 1.807) is 44.6 Å². The van der Waals surface area contributed by atoms with Crippen molar-refractivity contribution in [3.05, 3.63) is 65.1 Å². The van der Waals surface area contributed by atoms with Gasteiger partial charge in [-0.1, -0.05) is 6.08 Å². The molecule has 2 aromatic carbocycles. The zero-order valence-electron chi connectivity index (χ0n) is 14.2. The fraction of sp³-hybridized carbons (Fsp3) is 0.100. The predicted octanol–water partition coefficient (Wildman–Crippen LogP) is 4.26. The number of carboxylic acids is 1. The van der Waals surface area contributed by atoms with Gasteiger partial charge in [-0.2, -0.15) is 0 Å². The first-order chi connectivity index (χ1) is 12.5. The van der Waals surface area contributed by atoms with Crippen LogP contribution in [0.15, 0.2) is 42.5 Å². The van der Waals surface area contributed by atoms with E-state index in [0.29, 0.717) is 22.6 Å². The number of ether oxygens (including phenoxy) is 2. The number of rotatable bonds is 5. The monoisotopic (exact) mass is 353 g/mol. The highest BCUT2D eigenvalue weighted by Crippen LogP contribution is 2.25. The number of carboxylic acid groups (broad SMARTS) is 1. The molecule has 0 fully saturated rings. The maximum atomic E-state index is 13.5. The summed E-state index contributed by atoms with van der Waals surface area (Å²) >= 11 is 0. The van der Waals surface area contributed by atoms with Crippen LogP contribution in [0.25, 0.3) is 23.1 Å². The van der Waals surface area contributed by atoms with Gasteiger partial charge in [0.05, 0.1) is 31.0 Å². The minimum Gasteiger partial charge on any atom is -0.497 e. The highest BCUT2D eigenvalue weighted by Gasteiger charge is 2.11. The van der Waals surface area contributed by atoms with Gasteiger partial charge in [0.15, 0.2) is 0 Å². The third-order valence-corrected chi connectivity index (χ3v) is 3.84. The minimum absolute atomic E-state index is 0.0675. The molecule has 0 aliphatic heterocycles. The molecule has 3 rings (SSSR count). The second-order valence-corrected chi connectivity index (χ2v) is 5.54. The van der Waals surface area contributed by atoms with Crippen LogP contribution in [0.4, 0.5) is 4.39 Å². The lowest BCUT2D eigenvalue weighted by Gasteiger charge is -2.06. The van der Waals surface area contributed by atoms with Crippen molar-refractivity contribution in [1.82, 2.24) is 4.98 Å². The Bertz CT molecular complexity index is 992. The van der Waals surface area contributed by atoms with Crippen LogP contribution >= 0.6 is 0 Å². The Labute approximate surface area is 149 Å². The van der Waals surface area contributed by atoms with Gasteiger partial charge in [0.25, 0.3) is 0 Å². The number of fused-ring (bicyclic) bond motifs is 1. The van der Waals surface area contributed by atoms with Crippen molar-refractivity contribution in [3.8, 4) is 11.5 Å². The van der Waals surface area contributed by atoms with Crippen molar-refractivity contribution >= 4 is 29.0 Å². The highest BCUT2D eigenvalue weighted by molar-refractivity contribution is 6.03. The van der Waals surface area contributed by atoms with Gasteiger partial charge in [0, 0.05) is 17.5 Å². The number of benzene rings is 2. The Balaban J connectivity index is 2.06. The lowest BCUT2D eigenvalue weighted by atomic mass is 10.1. The van der Waals surface area contributed by atoms with Crippen LogP contribution in [-0.2, 0) is 0 Å². The summed E-state index contributed by atoms with van der Waals surface area (Å²) in [6.45, 7) is 0. The maximum absolute atomic E-state index is 13.5. The number of nitrogens with zero attached hydrogens (tertiary/aromatic N) is 1. The number of methoxy groups -OCH3 is 2. The molecule has 0 aliphatic carbocycles. The van der Waals surface area contributed by atoms with Crippen LogP contribution in [-0.4, -0.2) is 30.3 Å². The molecule has 0 spiro atoms. The van der Waals surface area contributed by atoms with E-state index in [-0.39, 0.29) is 11.1 Å². The number of carbonyl (C=O) groups is 1. The van der Waals surface area contributed by atoms with Crippen molar-refractivity contribution < 1.29 is 23.8 Å². The molecule has 0 atom stereocenters. The minimum atomic E-state index is -1.10. The van der Waals surface area contributed by atoms with Crippen molar-refractivity contribution in [2.45, 2.75) is 0 Å². The Kier molecular flexibility index (Phi) is 4.84. The zero-order chi connectivity index (χ0) is 18.7. The first-order valence-corrected chi connectivity index (χ1v) is 7.75. The van der Waals surface area contributed by atoms with Crippen molar-refractivity contribution in [2.75, 3.05) is 14.2 Å². The van der Waals surface area contributed by atoms with Crippen LogP contribution in [0.1, 0.15) is 21.6 Å². The molecule has 1 N–H and O–H groups in total. The van der Waals surface area contributed by atoms with E-state index in [4.69, 9.17) is 9.47 Å². The lowest BCUT2D eigenvalue weighted by Crippen LogP contribution is -2.00. The first-order valence-electron chi connectivity index (χ1n) is 7.75. The van der Waals surface area contributed by atoms with Gasteiger partial charge < -0.3 is 14.6 Å². The largest absolute Gasteiger partial charge is 0.497 e. The zero-order valence-corrected chi connectivity index (χ0v) is 14.2. The molecule has 0 radical (unpaired) electrons. The summed E-state index contributed by atoms with van der Waals surface area (Å²) in [4.78, 5) is 15.8. The standard InChI is InChI=1S/C20H16FNO4/c1-25-15-7-12(8-16(11-15)26-2)3-5-14-10-18(20(23)24)17-6-4-13(21)9-19(17)22-14/h3-11H,1-2H3,(H,23,24)/b5-3+. The molecule has 132 valence electrons. The molecule has 5 nitrogen and oxygen atoms in total. The van der Waals surface area contributed by atoms with Crippen LogP contribution < -0.4 is 9.47 Å². The second kappa shape index (κ2) is 7.23. The summed E-state index contributed by atoms with van der Waals surface area (Å²) < 4.78 is 23.9. The van der Waals surface area contributed by atoms with Crippen molar-refractivity contribution in [2.24, 2.45) is 0 Å². The number of hydrogen-bond donors (Lipinski definition) is 1. The van der Waals surface area contributed by atoms with E-state index < -0.39 is 11.8 Å². The maximum Gasteiger partial charge on any atom is 0.336 e. The summed E-state index contributed by atoms with van der Waals surface area (Å²) in [5, 5.41) is 9.81. The quantitative estimate of drug-likeness (QED) is 0.742. The molecule has 3 aromatic rings. The van der Waals surface area contributed by atoms with Gasteiger partial charge in [-0.15, -0.1) is 0 Å². The van der Waals surface area contributed by atoms with E-state index in [1.165, 1.54) is 24.3 Å². The van der Waals surface area contributed by atoms with Gasteiger partial charge in [-0.25, -0.2) is 14.2 Å². The number of aromatic carboxylic acids is 1. The molecule has 1 heterocycles. The van der Waals surface area contributed by atoms with E-state index in [2.05, 4.69) is 4.98 Å². The van der Waals surface area contributed by atoms with Gasteiger partial charge in [0.1, 0.15) is 17.3 Å². The number of hydrogen-bond acceptors (Lipinski definition) is 4. The topological polar surface area (TPSA) is 68.7 Å². The second-order valence-electron chi connectivity index (χ2n) is 5.54. The Morgan fingerprint density at radius 2 is 1.73 bits per heavy atom. The van der Waals surface area contributed by atoms with E-state index in [9.17, 15) is 14.3 Å². The average molecular weight is 353 g/mol. The molecule has 0 amide bonds. The number of halogens is 1. The molecule has 0 saturated heterocycles. The summed E-state index contributed by atoms with van der Waals surface area (Å²) in [7, 11) is 3.11. The summed E-state index contributed by atoms with van der Waals surface area (Å²) in [6.07, 6.45) is 3.41. The normalized spacial score (nSPS) is 11.0. The molecule has 0 saturated carbocycles. The summed E-state index contributed by atoms with van der Waals surface area (Å²) in [5.74, 6) is -0.311. The van der Waals surface area contributed by atoms with Crippen LogP contribution in [0, 0.1) is 5.82 Å². The third-order valence-electron chi connectivity index (χ3n) is 3.84. The molecule has 1 aromatic heterocycles. The van der Waals surface area contributed by atoms with Crippen LogP contribution in [0.3, 0.4) is 0 Å². The lowest BCUT2D eigenvalue weighted by molar-refractivity contribution is 0.0699. The van der Waals surface area contributed by atoms with E-state index in [1.807, 2.05) is 0 Å². The first kappa shape index (κ1) is 17.4. The van der Waals surface area contributed by atoms with Gasteiger partial charge in [-0.3, -0.25) is 0 Å². The fourth-order valence-electron chi connectivity index (χ4n) is 2.59. The third kappa shape index (κ3) is 3.64. The summed E-state index contributed by atoms with van der Waals surface area (Å²) in [6, 6.07) is 10.7. The highest BCUT2D eigenvalue weighted by atomic mass is 19.1. The molecule has 26 heavy (non-hydrogen) atoms. The van der Waals surface area contributed by atoms with Crippen molar-refractivity contribution in [3.63, 3.8) is 0 Å². The molecular weight excluding hydrogens is 337 g/mol. The summed E-state index contributed by atoms with van der Waals surface area (Å²) in [5.41, 5.74) is 1.55. The van der Waals surface area contributed by atoms with Gasteiger partial charge in [-0.05, 0) is 42.0 Å². The van der Waals surface area contributed by atoms with E-state index >= 15 is 0 Å². The predicted molar refractivity (Wildman–Crippen MR) is 97.1 cm³/mol. The molecule has 0 aliphatic rings. The van der Waals surface area contributed by atoms with E-state index in [0.717, 1.165) is 5.56 Å². The van der Waals surface area contributed by atoms with Crippen molar-refractivity contribution in [1.29, 1.82) is 0 Å². The molecule has 0 bridgehead atoms. The Morgan fingerprint density at radius 1 is 1.04 bits per heavy atom. The molecular formula is C20H16FNO4. The molecule has 6 heteroatoms. The van der Waals surface area contributed by atoms with Crippen LogP contribution in [0.5, 0.6) is 11.5 Å². The number of aromatic nitrogens is 1. The Hall–Kier alpha value is -3.41. The fourth-order valence-corrected chi connectivity index (χ4v) is 2.59. The van der Waals surface area contributed by atoms with Gasteiger partial charge in [0.2, 0.25) is 0 Å². The Morgan fingerprint density at radius 3 is 2.35 bits per heavy atom. The van der Waals surface area contributed by atoms with Crippen LogP contribution in [0.2, 0.25) is 0 Å². The smallest absolute Gasteiger partial charge is 0.336 e. The van der Waals surface area contributed by atoms with Gasteiger partial charge >= 0.3 is 5.97 Å². The molecule has 0 unspecified atom stereocenters. The number of pyridine rings is 1.